The first-order valence-electron chi connectivity index (χ1n) is 5.31. The predicted molar refractivity (Wildman–Crippen MR) is 60.0 cm³/mol. The average molecular weight is 224 g/mol. The summed E-state index contributed by atoms with van der Waals surface area (Å²) in [6, 6.07) is 8.08. The number of hydrogen-bond acceptors (Lipinski definition) is 2. The molecule has 1 spiro atoms. The van der Waals surface area contributed by atoms with Gasteiger partial charge in [-0.2, -0.15) is 0 Å². The molecule has 0 bridgehead atoms. The molecular weight excluding hydrogens is 210 g/mol. The molecule has 0 radical (unpaired) electrons. The van der Waals surface area contributed by atoms with E-state index in [9.17, 15) is 0 Å². The fourth-order valence-electron chi connectivity index (χ4n) is 2.46. The number of likely N-dealkylation sites (tertiary alicyclic amines) is 1. The van der Waals surface area contributed by atoms with Crippen LogP contribution in [0.3, 0.4) is 0 Å². The molecule has 2 nitrogen and oxygen atoms in total. The lowest BCUT2D eigenvalue weighted by molar-refractivity contribution is -0.191. The van der Waals surface area contributed by atoms with Gasteiger partial charge < -0.3 is 4.74 Å². The first kappa shape index (κ1) is 9.64. The molecule has 1 aromatic rings. The van der Waals surface area contributed by atoms with Crippen molar-refractivity contribution in [3.05, 3.63) is 34.9 Å². The number of ether oxygens (including phenoxy) is 1. The van der Waals surface area contributed by atoms with Crippen molar-refractivity contribution in [3.63, 3.8) is 0 Å². The van der Waals surface area contributed by atoms with E-state index in [-0.39, 0.29) is 0 Å². The third-order valence-electron chi connectivity index (χ3n) is 3.29. The van der Waals surface area contributed by atoms with Crippen LogP contribution in [0.1, 0.15) is 5.56 Å². The Morgan fingerprint density at radius 2 is 2.00 bits per heavy atom. The number of nitrogens with zero attached hydrogens (tertiary/aromatic N) is 1. The molecule has 2 aliphatic rings. The van der Waals surface area contributed by atoms with Crippen molar-refractivity contribution in [1.82, 2.24) is 4.90 Å². The van der Waals surface area contributed by atoms with Crippen LogP contribution in [0.15, 0.2) is 24.3 Å². The smallest absolute Gasteiger partial charge is 0.0569 e. The van der Waals surface area contributed by atoms with E-state index in [1.54, 1.807) is 0 Å². The predicted octanol–water partition coefficient (Wildman–Crippen LogP) is 2.17. The zero-order chi connectivity index (χ0) is 10.3. The molecule has 0 aliphatic carbocycles. The zero-order valence-corrected chi connectivity index (χ0v) is 9.33. The van der Waals surface area contributed by atoms with Gasteiger partial charge in [0.2, 0.25) is 0 Å². The summed E-state index contributed by atoms with van der Waals surface area (Å²) in [7, 11) is 0. The van der Waals surface area contributed by atoms with Crippen LogP contribution < -0.4 is 0 Å². The summed E-state index contributed by atoms with van der Waals surface area (Å²) in [5.74, 6) is 0. The maximum atomic E-state index is 6.12. The highest BCUT2D eigenvalue weighted by Crippen LogP contribution is 2.38. The summed E-state index contributed by atoms with van der Waals surface area (Å²) in [4.78, 5) is 2.43. The quantitative estimate of drug-likeness (QED) is 0.762. The third kappa shape index (κ3) is 1.67. The van der Waals surface area contributed by atoms with Crippen LogP contribution in [-0.2, 0) is 11.3 Å². The SMILES string of the molecule is Clc1ccccc1CN1CC2(COC2)C1. The molecule has 0 N–H and O–H groups in total. The van der Waals surface area contributed by atoms with E-state index in [1.807, 2.05) is 18.2 Å². The van der Waals surface area contributed by atoms with Crippen LogP contribution in [0.2, 0.25) is 5.02 Å². The second kappa shape index (κ2) is 3.48. The molecule has 2 saturated heterocycles. The molecule has 0 saturated carbocycles. The van der Waals surface area contributed by atoms with Crippen LogP contribution in [0.4, 0.5) is 0 Å². The Hall–Kier alpha value is -0.570. The topological polar surface area (TPSA) is 12.5 Å². The van der Waals surface area contributed by atoms with Crippen LogP contribution in [0.5, 0.6) is 0 Å². The van der Waals surface area contributed by atoms with E-state index < -0.39 is 0 Å². The van der Waals surface area contributed by atoms with Gasteiger partial charge in [-0.05, 0) is 11.6 Å². The normalized spacial score (nSPS) is 23.5. The van der Waals surface area contributed by atoms with Gasteiger partial charge in [-0.15, -0.1) is 0 Å². The van der Waals surface area contributed by atoms with Gasteiger partial charge in [0, 0.05) is 30.1 Å². The molecule has 0 aromatic heterocycles. The minimum absolute atomic E-state index is 0.501. The molecule has 0 unspecified atom stereocenters. The number of halogens is 1. The van der Waals surface area contributed by atoms with E-state index >= 15 is 0 Å². The number of rotatable bonds is 2. The Bertz CT molecular complexity index is 368. The molecule has 2 heterocycles. The van der Waals surface area contributed by atoms with Crippen LogP contribution in [0, 0.1) is 5.41 Å². The molecule has 2 aliphatic heterocycles. The maximum Gasteiger partial charge on any atom is 0.0569 e. The fraction of sp³-hybridized carbons (Fsp3) is 0.500. The van der Waals surface area contributed by atoms with E-state index in [4.69, 9.17) is 16.3 Å². The van der Waals surface area contributed by atoms with Crippen molar-refractivity contribution in [2.75, 3.05) is 26.3 Å². The highest BCUT2D eigenvalue weighted by molar-refractivity contribution is 6.31. The Morgan fingerprint density at radius 3 is 2.60 bits per heavy atom. The Labute approximate surface area is 94.8 Å². The summed E-state index contributed by atoms with van der Waals surface area (Å²) < 4.78 is 5.25. The van der Waals surface area contributed by atoms with Gasteiger partial charge in [-0.1, -0.05) is 29.8 Å². The van der Waals surface area contributed by atoms with Crippen LogP contribution in [-0.4, -0.2) is 31.2 Å². The summed E-state index contributed by atoms with van der Waals surface area (Å²) >= 11 is 6.12. The molecule has 1 aromatic carbocycles. The number of hydrogen-bond donors (Lipinski definition) is 0. The Balaban J connectivity index is 1.61. The fourth-order valence-corrected chi connectivity index (χ4v) is 2.65. The minimum atomic E-state index is 0.501. The number of benzene rings is 1. The molecule has 15 heavy (non-hydrogen) atoms. The van der Waals surface area contributed by atoms with E-state index in [1.165, 1.54) is 5.56 Å². The second-order valence-electron chi connectivity index (χ2n) is 4.73. The van der Waals surface area contributed by atoms with Crippen LogP contribution in [0.25, 0.3) is 0 Å². The van der Waals surface area contributed by atoms with Gasteiger partial charge in [0.1, 0.15) is 0 Å². The highest BCUT2D eigenvalue weighted by Gasteiger charge is 2.48. The minimum Gasteiger partial charge on any atom is -0.380 e. The first-order chi connectivity index (χ1) is 7.27. The largest absolute Gasteiger partial charge is 0.380 e. The van der Waals surface area contributed by atoms with Gasteiger partial charge in [0.05, 0.1) is 13.2 Å². The highest BCUT2D eigenvalue weighted by atomic mass is 35.5. The lowest BCUT2D eigenvalue weighted by atomic mass is 9.78. The van der Waals surface area contributed by atoms with Crippen molar-refractivity contribution in [2.45, 2.75) is 6.54 Å². The van der Waals surface area contributed by atoms with Crippen molar-refractivity contribution in [3.8, 4) is 0 Å². The van der Waals surface area contributed by atoms with E-state index in [2.05, 4.69) is 11.0 Å². The van der Waals surface area contributed by atoms with Crippen molar-refractivity contribution in [2.24, 2.45) is 5.41 Å². The van der Waals surface area contributed by atoms with Gasteiger partial charge in [-0.3, -0.25) is 4.90 Å². The van der Waals surface area contributed by atoms with Crippen molar-refractivity contribution >= 4 is 11.6 Å². The summed E-state index contributed by atoms with van der Waals surface area (Å²) in [5.41, 5.74) is 1.73. The summed E-state index contributed by atoms with van der Waals surface area (Å²) in [5, 5.41) is 0.878. The Morgan fingerprint density at radius 1 is 1.27 bits per heavy atom. The lowest BCUT2D eigenvalue weighted by Gasteiger charge is -2.55. The summed E-state index contributed by atoms with van der Waals surface area (Å²) in [6.45, 7) is 5.20. The second-order valence-corrected chi connectivity index (χ2v) is 5.14. The Kier molecular flexibility index (Phi) is 2.23. The monoisotopic (exact) mass is 223 g/mol. The molecule has 0 atom stereocenters. The van der Waals surface area contributed by atoms with Crippen molar-refractivity contribution < 1.29 is 4.74 Å². The van der Waals surface area contributed by atoms with Gasteiger partial charge >= 0.3 is 0 Å². The van der Waals surface area contributed by atoms with Crippen molar-refractivity contribution in [1.29, 1.82) is 0 Å². The van der Waals surface area contributed by atoms with Gasteiger partial charge in [0.25, 0.3) is 0 Å². The molecule has 3 heteroatoms. The van der Waals surface area contributed by atoms with Gasteiger partial charge in [0.15, 0.2) is 0 Å². The molecule has 80 valence electrons. The maximum absolute atomic E-state index is 6.12. The molecule has 3 rings (SSSR count). The third-order valence-corrected chi connectivity index (χ3v) is 3.66. The average Bonchev–Trinajstić information content (AvgIpc) is 2.10. The van der Waals surface area contributed by atoms with E-state index in [0.29, 0.717) is 5.41 Å². The first-order valence-corrected chi connectivity index (χ1v) is 5.69. The standard InChI is InChI=1S/C12H14ClNO/c13-11-4-2-1-3-10(11)5-14-6-12(7-14)8-15-9-12/h1-4H,5-9H2. The molecule has 0 amide bonds. The van der Waals surface area contributed by atoms with Crippen LogP contribution >= 0.6 is 11.6 Å². The van der Waals surface area contributed by atoms with E-state index in [0.717, 1.165) is 37.9 Å². The van der Waals surface area contributed by atoms with Gasteiger partial charge in [-0.25, -0.2) is 0 Å². The summed E-state index contributed by atoms with van der Waals surface area (Å²) in [6.07, 6.45) is 0. The lowest BCUT2D eigenvalue weighted by Crippen LogP contribution is -2.65. The molecular formula is C12H14ClNO. The zero-order valence-electron chi connectivity index (χ0n) is 8.58. The molecule has 2 fully saturated rings.